The Labute approximate surface area is 138 Å². The van der Waals surface area contributed by atoms with Crippen LogP contribution in [-0.2, 0) is 26.1 Å². The Kier molecular flexibility index (Phi) is 5.28. The van der Waals surface area contributed by atoms with Crippen molar-refractivity contribution in [2.24, 2.45) is 0 Å². The van der Waals surface area contributed by atoms with Crippen molar-refractivity contribution >= 4 is 19.9 Å². The molecule has 0 aliphatic heterocycles. The molecular weight excluding hydrogens is 455 g/mol. The van der Waals surface area contributed by atoms with Gasteiger partial charge in [0.2, 0.25) is 0 Å². The van der Waals surface area contributed by atoms with E-state index in [0.29, 0.717) is 5.39 Å². The van der Waals surface area contributed by atoms with Crippen LogP contribution in [0.2, 0.25) is 0 Å². The van der Waals surface area contributed by atoms with Gasteiger partial charge in [0, 0.05) is 0 Å². The molecule has 0 saturated heterocycles. The first-order chi connectivity index (χ1) is 10.1. The Morgan fingerprint density at radius 1 is 1.00 bits per heavy atom. The molecule has 0 saturated carbocycles. The van der Waals surface area contributed by atoms with Crippen LogP contribution in [0.25, 0.3) is 10.9 Å². The van der Waals surface area contributed by atoms with Gasteiger partial charge in [0.05, 0.1) is 5.52 Å². The van der Waals surface area contributed by atoms with Crippen molar-refractivity contribution in [3.63, 3.8) is 0 Å². The van der Waals surface area contributed by atoms with Gasteiger partial charge in [-0.3, -0.25) is 0 Å². The van der Waals surface area contributed by atoms with Crippen LogP contribution >= 0.6 is 0 Å². The molecule has 1 heterocycles. The zero-order valence-electron chi connectivity index (χ0n) is 11.2. The molecule has 1 aromatic heterocycles. The van der Waals surface area contributed by atoms with Gasteiger partial charge in [0.15, 0.2) is 0 Å². The summed E-state index contributed by atoms with van der Waals surface area (Å²) in [5.74, 6) is -1.39. The Morgan fingerprint density at radius 2 is 1.71 bits per heavy atom. The first kappa shape index (κ1) is 15.4. The van der Waals surface area contributed by atoms with E-state index in [4.69, 9.17) is 5.11 Å². The monoisotopic (exact) mass is 467 g/mol. The van der Waals surface area contributed by atoms with Gasteiger partial charge in [-0.1, -0.05) is 30.0 Å². The number of hydrogen-bond donors (Lipinski definition) is 1. The van der Waals surface area contributed by atoms with Crippen LogP contribution < -0.4 is 8.18 Å². The van der Waals surface area contributed by atoms with Gasteiger partial charge in [-0.2, -0.15) is 0 Å². The Morgan fingerprint density at radius 3 is 2.29 bits per heavy atom. The number of pyridine rings is 1. The molecule has 3 aromatic rings. The van der Waals surface area contributed by atoms with Gasteiger partial charge in [-0.15, -0.1) is 0 Å². The summed E-state index contributed by atoms with van der Waals surface area (Å²) in [7, 11) is 0. The maximum atomic E-state index is 11.3. The summed E-state index contributed by atoms with van der Waals surface area (Å²) in [5, 5.41) is 20.6. The van der Waals surface area contributed by atoms with E-state index in [1.807, 2.05) is 0 Å². The predicted molar refractivity (Wildman–Crippen MR) is 74.2 cm³/mol. The second kappa shape index (κ2) is 7.17. The van der Waals surface area contributed by atoms with Crippen LogP contribution in [0.1, 0.15) is 10.5 Å². The molecule has 100 valence electrons. The molecule has 0 spiro atoms. The molecule has 0 aliphatic carbocycles. The number of fused-ring (bicyclic) bond motifs is 1. The first-order valence-electron chi connectivity index (χ1n) is 6.25. The SMILES string of the molecule is O=C(O)c1ccc2cccc([O-])c2n1.[Hg+][c]1ccccc1. The number of carboxylic acids is 1. The molecule has 0 atom stereocenters. The fourth-order valence-corrected chi connectivity index (χ4v) is 2.78. The third-order valence-electron chi connectivity index (χ3n) is 2.75. The van der Waals surface area contributed by atoms with Crippen LogP contribution in [0.4, 0.5) is 0 Å². The number of benzene rings is 2. The van der Waals surface area contributed by atoms with Crippen molar-refractivity contribution in [2.75, 3.05) is 0 Å². The van der Waals surface area contributed by atoms with Crippen LogP contribution in [0.15, 0.2) is 60.7 Å². The quantitative estimate of drug-likeness (QED) is 0.557. The molecule has 0 radical (unpaired) electrons. The van der Waals surface area contributed by atoms with E-state index in [9.17, 15) is 9.90 Å². The average molecular weight is 466 g/mol. The number of carbonyl (C=O) groups is 1. The number of aromatic nitrogens is 1. The van der Waals surface area contributed by atoms with Gasteiger partial charge in [-0.05, 0) is 11.5 Å². The van der Waals surface area contributed by atoms with E-state index in [2.05, 4.69) is 35.3 Å². The van der Waals surface area contributed by atoms with Gasteiger partial charge >= 0.3 is 65.5 Å². The summed E-state index contributed by atoms with van der Waals surface area (Å²) in [6, 6.07) is 18.2. The van der Waals surface area contributed by atoms with E-state index in [-0.39, 0.29) is 17.0 Å². The Bertz CT molecular complexity index is 760. The number of para-hydroxylation sites is 1. The summed E-state index contributed by atoms with van der Waals surface area (Å²) in [6.45, 7) is 0. The second-order valence-corrected chi connectivity index (χ2v) is 7.49. The molecule has 0 unspecified atom stereocenters. The van der Waals surface area contributed by atoms with Crippen LogP contribution in [-0.4, -0.2) is 16.1 Å². The minimum absolute atomic E-state index is 0.110. The number of nitrogens with zero attached hydrogens (tertiary/aromatic N) is 1. The fourth-order valence-electron chi connectivity index (χ4n) is 1.72. The van der Waals surface area contributed by atoms with Gasteiger partial charge < -0.3 is 10.2 Å². The molecule has 0 aliphatic rings. The molecular formula is C16H11HgNO3. The zero-order chi connectivity index (χ0) is 15.2. The maximum absolute atomic E-state index is 11.3. The van der Waals surface area contributed by atoms with Crippen LogP contribution in [0.3, 0.4) is 0 Å². The van der Waals surface area contributed by atoms with E-state index >= 15 is 0 Å². The van der Waals surface area contributed by atoms with Gasteiger partial charge in [-0.25, -0.2) is 9.78 Å². The van der Waals surface area contributed by atoms with Crippen molar-refractivity contribution < 1.29 is 41.1 Å². The normalized spacial score (nSPS) is 9.81. The topological polar surface area (TPSA) is 73.2 Å². The fraction of sp³-hybridized carbons (Fsp3) is 0. The summed E-state index contributed by atoms with van der Waals surface area (Å²) in [6.07, 6.45) is 0. The average Bonchev–Trinajstić information content (AvgIpc) is 2.49. The van der Waals surface area contributed by atoms with Gasteiger partial charge in [0.1, 0.15) is 5.69 Å². The molecule has 3 rings (SSSR count). The van der Waals surface area contributed by atoms with E-state index < -0.39 is 5.97 Å². The molecule has 2 aromatic carbocycles. The third kappa shape index (κ3) is 4.26. The summed E-state index contributed by atoms with van der Waals surface area (Å²) in [4.78, 5) is 14.4. The third-order valence-corrected chi connectivity index (χ3v) is 4.58. The summed E-state index contributed by atoms with van der Waals surface area (Å²) < 4.78 is 1.52. The van der Waals surface area contributed by atoms with Crippen molar-refractivity contribution in [3.8, 4) is 5.75 Å². The number of rotatable bonds is 1. The zero-order valence-corrected chi connectivity index (χ0v) is 16.7. The minimum atomic E-state index is -1.13. The van der Waals surface area contributed by atoms with Gasteiger partial charge in [0.25, 0.3) is 0 Å². The van der Waals surface area contributed by atoms with Crippen LogP contribution in [0.5, 0.6) is 5.75 Å². The molecule has 1 N–H and O–H groups in total. The molecule has 21 heavy (non-hydrogen) atoms. The second-order valence-electron chi connectivity index (χ2n) is 4.32. The predicted octanol–water partition coefficient (Wildman–Crippen LogP) is 1.87. The van der Waals surface area contributed by atoms with E-state index in [1.165, 1.54) is 15.2 Å². The number of carboxylic acid groups (broad SMARTS) is 1. The molecule has 0 bridgehead atoms. The van der Waals surface area contributed by atoms with Crippen molar-refractivity contribution in [2.45, 2.75) is 0 Å². The number of hydrogen-bond acceptors (Lipinski definition) is 3. The summed E-state index contributed by atoms with van der Waals surface area (Å²) >= 11 is 0.810. The van der Waals surface area contributed by atoms with Crippen molar-refractivity contribution in [1.82, 2.24) is 4.98 Å². The molecule has 0 fully saturated rings. The Hall–Kier alpha value is -1.94. The van der Waals surface area contributed by atoms with E-state index in [1.54, 1.807) is 18.2 Å². The first-order valence-corrected chi connectivity index (χ1v) is 9.00. The standard InChI is InChI=1S/C10H7NO3.C6H5.Hg/c12-8-3-1-2-6-4-5-7(10(13)14)11-9(6)8;1-2-4-6-5-3-1;/h1-5,12H,(H,13,14);1-5H;/q;;+1/p-1. The molecule has 5 heteroatoms. The number of aromatic carboxylic acids is 1. The molecule has 4 nitrogen and oxygen atoms in total. The summed E-state index contributed by atoms with van der Waals surface area (Å²) in [5.41, 5.74) is 0.0909. The van der Waals surface area contributed by atoms with Crippen molar-refractivity contribution in [3.05, 3.63) is 66.4 Å². The molecule has 0 amide bonds. The van der Waals surface area contributed by atoms with Crippen LogP contribution in [0, 0.1) is 0 Å². The Balaban J connectivity index is 0.000000194. The van der Waals surface area contributed by atoms with Crippen molar-refractivity contribution in [1.29, 1.82) is 0 Å². The van der Waals surface area contributed by atoms with E-state index in [0.717, 1.165) is 26.1 Å².